The van der Waals surface area contributed by atoms with Crippen LogP contribution in [0.4, 0.5) is 0 Å². The zero-order valence-electron chi connectivity index (χ0n) is 41.8. The zero-order valence-corrected chi connectivity index (χ0v) is 41.8. The lowest BCUT2D eigenvalue weighted by Crippen LogP contribution is -2.35. The van der Waals surface area contributed by atoms with Crippen LogP contribution in [-0.2, 0) is 26.2 Å². The number of hydrogen-bond donors (Lipinski definition) is 0. The molecular weight excluding hydrogens is 793 g/mol. The van der Waals surface area contributed by atoms with Crippen molar-refractivity contribution in [1.29, 1.82) is 0 Å². The van der Waals surface area contributed by atoms with E-state index in [0.717, 1.165) is 42.9 Å². The van der Waals surface area contributed by atoms with Crippen molar-refractivity contribution in [3.63, 3.8) is 0 Å². The molecule has 344 valence electrons. The lowest BCUT2D eigenvalue weighted by molar-refractivity contribution is 0.0607. The summed E-state index contributed by atoms with van der Waals surface area (Å²) in [5.41, 5.74) is 13.4. The van der Waals surface area contributed by atoms with Gasteiger partial charge in [-0.3, -0.25) is 29.0 Å². The van der Waals surface area contributed by atoms with E-state index in [-0.39, 0.29) is 41.8 Å². The SMILES string of the molecule is CC(C)c1ccc2c(c1)C(=O)N(C(C)C)C2.CC(C)c1ccc2c(c1)C(=O)N(C(C)C)C2=O.CC(C)c1ccc2c(c1)CN(C(C)C)C2.CC(C)c1ccc2c(c1)CN(C(C)C)C2=O. The second kappa shape index (κ2) is 20.8. The molecule has 0 atom stereocenters. The second-order valence-corrected chi connectivity index (χ2v) is 20.4. The maximum absolute atomic E-state index is 12.1. The molecule has 0 N–H and O–H groups in total. The van der Waals surface area contributed by atoms with Gasteiger partial charge in [0.1, 0.15) is 0 Å². The van der Waals surface area contributed by atoms with Crippen LogP contribution >= 0.6 is 0 Å². The zero-order chi connectivity index (χ0) is 47.5. The number of fused-ring (bicyclic) bond motifs is 4. The molecule has 8 nitrogen and oxygen atoms in total. The molecule has 4 aliphatic rings. The highest BCUT2D eigenvalue weighted by Crippen LogP contribution is 2.31. The average molecular weight is 869 g/mol. The summed E-state index contributed by atoms with van der Waals surface area (Å²) in [4.78, 5) is 56.0. The van der Waals surface area contributed by atoms with Gasteiger partial charge in [0.25, 0.3) is 23.6 Å². The predicted octanol–water partition coefficient (Wildman–Crippen LogP) is 12.7. The van der Waals surface area contributed by atoms with E-state index in [1.807, 2.05) is 41.8 Å². The van der Waals surface area contributed by atoms with Crippen molar-refractivity contribution in [2.24, 2.45) is 0 Å². The topological polar surface area (TPSA) is 81.2 Å². The number of imide groups is 1. The Bertz CT molecular complexity index is 2330. The van der Waals surface area contributed by atoms with Crippen molar-refractivity contribution in [1.82, 2.24) is 19.6 Å². The van der Waals surface area contributed by atoms with Crippen molar-refractivity contribution < 1.29 is 19.2 Å². The summed E-state index contributed by atoms with van der Waals surface area (Å²) in [6, 6.07) is 26.2. The molecule has 0 unspecified atom stereocenters. The van der Waals surface area contributed by atoms with Crippen LogP contribution in [0, 0.1) is 0 Å². The van der Waals surface area contributed by atoms with Gasteiger partial charge in [0.2, 0.25) is 0 Å². The molecule has 0 fully saturated rings. The number of amides is 4. The van der Waals surface area contributed by atoms with Crippen LogP contribution in [-0.4, -0.2) is 67.4 Å². The van der Waals surface area contributed by atoms with Crippen molar-refractivity contribution in [3.8, 4) is 0 Å². The highest BCUT2D eigenvalue weighted by atomic mass is 16.2. The van der Waals surface area contributed by atoms with Crippen LogP contribution < -0.4 is 0 Å². The summed E-state index contributed by atoms with van der Waals surface area (Å²) in [7, 11) is 0. The maximum atomic E-state index is 12.1. The first-order valence-corrected chi connectivity index (χ1v) is 23.8. The van der Waals surface area contributed by atoms with E-state index in [0.29, 0.717) is 40.8 Å². The van der Waals surface area contributed by atoms with Gasteiger partial charge in [-0.05, 0) is 148 Å². The normalized spacial score (nSPS) is 15.4. The van der Waals surface area contributed by atoms with Gasteiger partial charge in [0, 0.05) is 61.5 Å². The second-order valence-electron chi connectivity index (χ2n) is 20.4. The molecule has 8 heteroatoms. The number of carbonyl (C=O) groups excluding carboxylic acids is 4. The summed E-state index contributed by atoms with van der Waals surface area (Å²) >= 11 is 0. The molecule has 0 bridgehead atoms. The summed E-state index contributed by atoms with van der Waals surface area (Å²) in [5.74, 6) is 2.03. The number of benzene rings is 4. The molecule has 0 spiro atoms. The third-order valence-corrected chi connectivity index (χ3v) is 13.0. The number of carbonyl (C=O) groups is 4. The molecule has 4 aromatic rings. The van der Waals surface area contributed by atoms with E-state index < -0.39 is 0 Å². The third-order valence-electron chi connectivity index (χ3n) is 13.0. The van der Waals surface area contributed by atoms with Crippen LogP contribution in [0.15, 0.2) is 72.8 Å². The predicted molar refractivity (Wildman–Crippen MR) is 262 cm³/mol. The quantitative estimate of drug-likeness (QED) is 0.165. The highest BCUT2D eigenvalue weighted by Gasteiger charge is 2.37. The molecular formula is C56H76N4O4. The fraction of sp³-hybridized carbons (Fsp3) is 0.500. The Balaban J connectivity index is 0.000000161. The van der Waals surface area contributed by atoms with Crippen LogP contribution in [0.3, 0.4) is 0 Å². The smallest absolute Gasteiger partial charge is 0.261 e. The van der Waals surface area contributed by atoms with Crippen molar-refractivity contribution in [2.45, 2.75) is 185 Å². The molecule has 0 saturated carbocycles. The number of hydrogen-bond acceptors (Lipinski definition) is 5. The van der Waals surface area contributed by atoms with Crippen molar-refractivity contribution >= 4 is 23.6 Å². The molecule has 4 aromatic carbocycles. The van der Waals surface area contributed by atoms with E-state index >= 15 is 0 Å². The van der Waals surface area contributed by atoms with Gasteiger partial charge in [-0.25, -0.2) is 0 Å². The van der Waals surface area contributed by atoms with Gasteiger partial charge >= 0.3 is 0 Å². The lowest BCUT2D eigenvalue weighted by Gasteiger charge is -2.19. The molecule has 4 amide bonds. The standard InChI is InChI=1S/C14H17NO2.2C14H19NO.C14H21N/c1-8(2)10-5-6-11-12(7-10)14(17)15(9(3)4)13(11)16;1-9(2)11-5-6-13-12(7-11)8-15(10(3)4)14(13)16;1-9(2)11-5-6-12-8-15(10(3)4)14(16)13(12)7-11;1-10(2)12-5-6-13-8-15(11(3)4)9-14(13)7-12/h5-9H,1-4H3;2*5-7,9-10H,8H2,1-4H3;5-7,10-11H,8-9H2,1-4H3. The molecule has 0 aromatic heterocycles. The Morgan fingerprint density at radius 3 is 1.20 bits per heavy atom. The Hall–Kier alpha value is -5.08. The third kappa shape index (κ3) is 11.0. The molecule has 4 aliphatic heterocycles. The lowest BCUT2D eigenvalue weighted by atomic mass is 9.98. The monoisotopic (exact) mass is 869 g/mol. The number of rotatable bonds is 8. The minimum Gasteiger partial charge on any atom is -0.332 e. The Morgan fingerprint density at radius 1 is 0.328 bits per heavy atom. The summed E-state index contributed by atoms with van der Waals surface area (Å²) in [6.45, 7) is 37.6. The Kier molecular flexibility index (Phi) is 16.2. The van der Waals surface area contributed by atoms with Gasteiger partial charge in [0.15, 0.2) is 0 Å². The molecule has 0 aliphatic carbocycles. The molecule has 8 rings (SSSR count). The van der Waals surface area contributed by atoms with E-state index in [2.05, 4.69) is 150 Å². The Labute approximate surface area is 385 Å². The van der Waals surface area contributed by atoms with Gasteiger partial charge < -0.3 is 9.80 Å². The molecule has 64 heavy (non-hydrogen) atoms. The number of nitrogens with zero attached hydrogens (tertiary/aromatic N) is 4. The summed E-state index contributed by atoms with van der Waals surface area (Å²) in [6.07, 6.45) is 0. The fourth-order valence-corrected chi connectivity index (χ4v) is 8.53. The van der Waals surface area contributed by atoms with E-state index in [1.165, 1.54) is 43.8 Å². The Morgan fingerprint density at radius 2 is 0.719 bits per heavy atom. The van der Waals surface area contributed by atoms with Crippen LogP contribution in [0.5, 0.6) is 0 Å². The van der Waals surface area contributed by atoms with Crippen LogP contribution in [0.1, 0.15) is 220 Å². The average Bonchev–Trinajstić information content (AvgIpc) is 3.98. The van der Waals surface area contributed by atoms with Gasteiger partial charge in [-0.15, -0.1) is 0 Å². The van der Waals surface area contributed by atoms with Crippen molar-refractivity contribution in [2.75, 3.05) is 0 Å². The largest absolute Gasteiger partial charge is 0.332 e. The van der Waals surface area contributed by atoms with Gasteiger partial charge in [-0.2, -0.15) is 0 Å². The minimum absolute atomic E-state index is 0.0927. The van der Waals surface area contributed by atoms with E-state index in [9.17, 15) is 19.2 Å². The van der Waals surface area contributed by atoms with E-state index in [4.69, 9.17) is 0 Å². The first kappa shape index (κ1) is 49.9. The highest BCUT2D eigenvalue weighted by molar-refractivity contribution is 6.21. The molecule has 0 saturated heterocycles. The minimum atomic E-state index is -0.171. The van der Waals surface area contributed by atoms with Gasteiger partial charge in [0.05, 0.1) is 11.1 Å². The fourth-order valence-electron chi connectivity index (χ4n) is 8.53. The molecule has 0 radical (unpaired) electrons. The first-order chi connectivity index (χ1) is 30.0. The van der Waals surface area contributed by atoms with Crippen LogP contribution in [0.2, 0.25) is 0 Å². The maximum Gasteiger partial charge on any atom is 0.261 e. The van der Waals surface area contributed by atoms with Gasteiger partial charge in [-0.1, -0.05) is 104 Å². The molecule has 4 heterocycles. The summed E-state index contributed by atoms with van der Waals surface area (Å²) < 4.78 is 0. The van der Waals surface area contributed by atoms with Crippen molar-refractivity contribution in [3.05, 3.63) is 140 Å². The summed E-state index contributed by atoms with van der Waals surface area (Å²) in [5, 5.41) is 0. The van der Waals surface area contributed by atoms with E-state index in [1.54, 1.807) is 6.07 Å². The first-order valence-electron chi connectivity index (χ1n) is 23.8. The van der Waals surface area contributed by atoms with Crippen LogP contribution in [0.25, 0.3) is 0 Å².